The quantitative estimate of drug-likeness (QED) is 0.589. The number of hydrogen-bond donors (Lipinski definition) is 0. The van der Waals surface area contributed by atoms with Crippen LogP contribution in [0.3, 0.4) is 0 Å². The Morgan fingerprint density at radius 1 is 1.11 bits per heavy atom. The number of rotatable bonds is 6. The smallest absolute Gasteiger partial charge is 0.340 e. The molecule has 2 aromatic carbocycles. The Hall–Kier alpha value is -2.67. The molecule has 1 aromatic heterocycles. The Morgan fingerprint density at radius 2 is 1.81 bits per heavy atom. The van der Waals surface area contributed by atoms with Crippen molar-refractivity contribution in [3.63, 3.8) is 0 Å². The van der Waals surface area contributed by atoms with Gasteiger partial charge in [-0.3, -0.25) is 0 Å². The van der Waals surface area contributed by atoms with E-state index >= 15 is 0 Å². The van der Waals surface area contributed by atoms with Crippen LogP contribution in [0.4, 0.5) is 4.39 Å². The summed E-state index contributed by atoms with van der Waals surface area (Å²) in [6.45, 7) is 5.95. The van der Waals surface area contributed by atoms with Crippen molar-refractivity contribution < 1.29 is 17.0 Å². The molecule has 0 aliphatic heterocycles. The van der Waals surface area contributed by atoms with Crippen LogP contribution in [0.1, 0.15) is 30.2 Å². The summed E-state index contributed by atoms with van der Waals surface area (Å²) in [5, 5.41) is 4.53. The van der Waals surface area contributed by atoms with Crippen molar-refractivity contribution in [2.45, 2.75) is 38.5 Å². The van der Waals surface area contributed by atoms with E-state index in [2.05, 4.69) is 5.10 Å². The molecule has 0 aliphatic carbocycles. The lowest BCUT2D eigenvalue weighted by Gasteiger charge is -2.12. The molecular weight excluding hydrogens is 367 g/mol. The van der Waals surface area contributed by atoms with Crippen LogP contribution in [-0.2, 0) is 16.5 Å². The maximum Gasteiger partial charge on any atom is 0.340 e. The Labute approximate surface area is 158 Å². The first-order chi connectivity index (χ1) is 12.8. The van der Waals surface area contributed by atoms with Gasteiger partial charge in [0.2, 0.25) is 5.88 Å². The molecule has 0 fully saturated rings. The minimum atomic E-state index is -4.11. The minimum absolute atomic E-state index is 0.108. The molecule has 0 atom stereocenters. The predicted molar refractivity (Wildman–Crippen MR) is 101 cm³/mol. The fourth-order valence-electron chi connectivity index (χ4n) is 2.75. The van der Waals surface area contributed by atoms with Gasteiger partial charge in [-0.1, -0.05) is 25.5 Å². The molecule has 5 nitrogen and oxygen atoms in total. The maximum absolute atomic E-state index is 13.1. The van der Waals surface area contributed by atoms with Gasteiger partial charge in [0.1, 0.15) is 10.7 Å². The lowest BCUT2D eigenvalue weighted by Crippen LogP contribution is -2.13. The van der Waals surface area contributed by atoms with E-state index in [1.807, 2.05) is 39.0 Å². The minimum Gasteiger partial charge on any atom is -0.358 e. The van der Waals surface area contributed by atoms with E-state index < -0.39 is 15.9 Å². The van der Waals surface area contributed by atoms with Crippen LogP contribution in [0.2, 0.25) is 0 Å². The first-order valence-corrected chi connectivity index (χ1v) is 10.1. The molecule has 0 aliphatic rings. The van der Waals surface area contributed by atoms with Gasteiger partial charge < -0.3 is 4.18 Å². The Balaban J connectivity index is 2.06. The van der Waals surface area contributed by atoms with Gasteiger partial charge in [-0.05, 0) is 61.7 Å². The zero-order valence-corrected chi connectivity index (χ0v) is 16.3. The predicted octanol–water partition coefficient (Wildman–Crippen LogP) is 4.35. The van der Waals surface area contributed by atoms with Gasteiger partial charge in [-0.25, -0.2) is 4.39 Å². The lowest BCUT2D eigenvalue weighted by atomic mass is 10.1. The van der Waals surface area contributed by atoms with E-state index in [0.29, 0.717) is 6.42 Å². The first kappa shape index (κ1) is 19.1. The lowest BCUT2D eigenvalue weighted by molar-refractivity contribution is 0.464. The van der Waals surface area contributed by atoms with Crippen molar-refractivity contribution in [1.29, 1.82) is 0 Å². The third-order valence-corrected chi connectivity index (χ3v) is 5.57. The fourth-order valence-corrected chi connectivity index (χ4v) is 3.66. The van der Waals surface area contributed by atoms with Crippen LogP contribution < -0.4 is 4.18 Å². The van der Waals surface area contributed by atoms with Crippen molar-refractivity contribution in [2.75, 3.05) is 0 Å². The zero-order valence-electron chi connectivity index (χ0n) is 15.4. The largest absolute Gasteiger partial charge is 0.358 e. The maximum atomic E-state index is 13.1. The highest BCUT2D eigenvalue weighted by atomic mass is 32.2. The van der Waals surface area contributed by atoms with E-state index in [9.17, 15) is 12.8 Å². The molecule has 0 bridgehead atoms. The van der Waals surface area contributed by atoms with Gasteiger partial charge in [0, 0.05) is 6.07 Å². The molecule has 3 rings (SSSR count). The number of halogens is 1. The van der Waals surface area contributed by atoms with E-state index in [1.165, 1.54) is 16.8 Å². The summed E-state index contributed by atoms with van der Waals surface area (Å²) in [4.78, 5) is -0.116. The molecule has 142 valence electrons. The van der Waals surface area contributed by atoms with Crippen LogP contribution in [-0.4, -0.2) is 18.2 Å². The summed E-state index contributed by atoms with van der Waals surface area (Å²) in [5.41, 5.74) is 3.53. The summed E-state index contributed by atoms with van der Waals surface area (Å²) < 4.78 is 45.3. The van der Waals surface area contributed by atoms with Gasteiger partial charge >= 0.3 is 10.1 Å². The molecule has 0 N–H and O–H groups in total. The van der Waals surface area contributed by atoms with Crippen molar-refractivity contribution in [3.8, 4) is 11.6 Å². The van der Waals surface area contributed by atoms with Gasteiger partial charge in [0.05, 0.1) is 11.4 Å². The molecule has 1 heterocycles. The summed E-state index contributed by atoms with van der Waals surface area (Å²) in [6.07, 6.45) is 1.57. The Kier molecular flexibility index (Phi) is 5.32. The van der Waals surface area contributed by atoms with E-state index in [4.69, 9.17) is 4.18 Å². The van der Waals surface area contributed by atoms with E-state index in [-0.39, 0.29) is 10.8 Å². The van der Waals surface area contributed by atoms with Crippen LogP contribution in [0, 0.1) is 19.7 Å². The first-order valence-electron chi connectivity index (χ1n) is 8.67. The second-order valence-electron chi connectivity index (χ2n) is 6.35. The third kappa shape index (κ3) is 4.03. The molecule has 0 spiro atoms. The van der Waals surface area contributed by atoms with Gasteiger partial charge in [-0.15, -0.1) is 0 Å². The van der Waals surface area contributed by atoms with Gasteiger partial charge in [0.15, 0.2) is 0 Å². The molecule has 3 aromatic rings. The van der Waals surface area contributed by atoms with Crippen molar-refractivity contribution in [1.82, 2.24) is 9.78 Å². The van der Waals surface area contributed by atoms with Crippen LogP contribution in [0.5, 0.6) is 5.88 Å². The number of nitrogens with zero attached hydrogens (tertiary/aromatic N) is 2. The van der Waals surface area contributed by atoms with Crippen molar-refractivity contribution >= 4 is 10.1 Å². The fraction of sp³-hybridized carbons (Fsp3) is 0.250. The van der Waals surface area contributed by atoms with Crippen molar-refractivity contribution in [3.05, 3.63) is 71.2 Å². The zero-order chi connectivity index (χ0) is 19.6. The highest BCUT2D eigenvalue weighted by Crippen LogP contribution is 2.27. The highest BCUT2D eigenvalue weighted by Gasteiger charge is 2.22. The normalized spacial score (nSPS) is 11.6. The second kappa shape index (κ2) is 7.52. The molecule has 0 unspecified atom stereocenters. The summed E-state index contributed by atoms with van der Waals surface area (Å²) in [5.74, 6) is -0.406. The monoisotopic (exact) mass is 388 g/mol. The Bertz CT molecular complexity index is 1060. The molecule has 7 heteroatoms. The number of benzene rings is 2. The molecular formula is C20H21FN2O3S. The average Bonchev–Trinajstić information content (AvgIpc) is 2.99. The SMILES string of the molecule is CCCc1cc(OS(=O)(=O)c2ccc(F)cc2)n(-c2cccc(C)c2C)n1. The standard InChI is InChI=1S/C20H21FN2O3S/c1-4-6-17-13-20(23(22-17)19-8-5-7-14(2)15(19)3)26-27(24,25)18-11-9-16(21)10-12-18/h5,7-13H,4,6H2,1-3H3. The molecule has 0 saturated carbocycles. The van der Waals surface area contributed by atoms with Gasteiger partial charge in [0.25, 0.3) is 0 Å². The summed E-state index contributed by atoms with van der Waals surface area (Å²) >= 11 is 0. The van der Waals surface area contributed by atoms with E-state index in [1.54, 1.807) is 6.07 Å². The average molecular weight is 388 g/mol. The molecule has 0 saturated heterocycles. The van der Waals surface area contributed by atoms with Crippen LogP contribution in [0.15, 0.2) is 53.4 Å². The number of aryl methyl sites for hydroxylation is 2. The van der Waals surface area contributed by atoms with Crippen molar-refractivity contribution in [2.24, 2.45) is 0 Å². The second-order valence-corrected chi connectivity index (χ2v) is 7.89. The van der Waals surface area contributed by atoms with Gasteiger partial charge in [-0.2, -0.15) is 18.2 Å². The molecule has 27 heavy (non-hydrogen) atoms. The third-order valence-electron chi connectivity index (χ3n) is 4.34. The Morgan fingerprint density at radius 3 is 2.48 bits per heavy atom. The summed E-state index contributed by atoms with van der Waals surface area (Å²) in [6, 6.07) is 11.9. The topological polar surface area (TPSA) is 61.2 Å². The molecule has 0 amide bonds. The summed E-state index contributed by atoms with van der Waals surface area (Å²) in [7, 11) is -4.11. The number of aromatic nitrogens is 2. The van der Waals surface area contributed by atoms with Crippen LogP contribution in [0.25, 0.3) is 5.69 Å². The van der Waals surface area contributed by atoms with Crippen LogP contribution >= 0.6 is 0 Å². The molecule has 0 radical (unpaired) electrons. The highest BCUT2D eigenvalue weighted by molar-refractivity contribution is 7.87. The van der Waals surface area contributed by atoms with E-state index in [0.717, 1.165) is 41.1 Å². The number of hydrogen-bond acceptors (Lipinski definition) is 4.